The highest BCUT2D eigenvalue weighted by molar-refractivity contribution is 5.94. The maximum absolute atomic E-state index is 11.5. The van der Waals surface area contributed by atoms with Crippen LogP contribution in [0.3, 0.4) is 0 Å². The molecule has 0 amide bonds. The molecular formula is C14H14O4. The lowest BCUT2D eigenvalue weighted by atomic mass is 10.0. The number of esters is 2. The van der Waals surface area contributed by atoms with Crippen molar-refractivity contribution in [2.75, 3.05) is 13.7 Å². The minimum Gasteiger partial charge on any atom is -0.465 e. The number of ether oxygens (including phenoxy) is 2. The Morgan fingerprint density at radius 1 is 1.33 bits per heavy atom. The van der Waals surface area contributed by atoms with Crippen LogP contribution in [0.1, 0.15) is 28.8 Å². The van der Waals surface area contributed by atoms with Gasteiger partial charge in [0.15, 0.2) is 0 Å². The fourth-order valence-corrected chi connectivity index (χ4v) is 1.79. The van der Waals surface area contributed by atoms with Crippen LogP contribution in [0.4, 0.5) is 0 Å². The van der Waals surface area contributed by atoms with Crippen molar-refractivity contribution in [1.29, 1.82) is 0 Å². The predicted octanol–water partition coefficient (Wildman–Crippen LogP) is 2.19. The third-order valence-electron chi connectivity index (χ3n) is 2.76. The van der Waals surface area contributed by atoms with Gasteiger partial charge in [-0.1, -0.05) is 12.1 Å². The maximum atomic E-state index is 11.5. The summed E-state index contributed by atoms with van der Waals surface area (Å²) in [5, 5.41) is 0. The summed E-state index contributed by atoms with van der Waals surface area (Å²) in [6, 6.07) is 6.90. The van der Waals surface area contributed by atoms with Crippen molar-refractivity contribution in [1.82, 2.24) is 0 Å². The van der Waals surface area contributed by atoms with Gasteiger partial charge in [0.2, 0.25) is 0 Å². The first-order valence-electron chi connectivity index (χ1n) is 5.77. The molecule has 0 spiro atoms. The molecule has 0 unspecified atom stereocenters. The highest BCUT2D eigenvalue weighted by atomic mass is 16.5. The standard InChI is InChI=1S/C14H14O4/c1-17-13(15)11-6-4-10(5-7-11)9-12-3-2-8-18-14(12)16/h4-7,9H,2-3,8H2,1H3/b12-9+. The number of hydrogen-bond acceptors (Lipinski definition) is 4. The fourth-order valence-electron chi connectivity index (χ4n) is 1.79. The molecule has 0 atom stereocenters. The number of hydrogen-bond donors (Lipinski definition) is 0. The number of carbonyl (C=O) groups excluding carboxylic acids is 2. The first-order valence-corrected chi connectivity index (χ1v) is 5.77. The van der Waals surface area contributed by atoms with Crippen molar-refractivity contribution in [2.45, 2.75) is 12.8 Å². The minimum atomic E-state index is -0.369. The van der Waals surface area contributed by atoms with Gasteiger partial charge in [-0.25, -0.2) is 9.59 Å². The summed E-state index contributed by atoms with van der Waals surface area (Å²) >= 11 is 0. The largest absolute Gasteiger partial charge is 0.465 e. The molecule has 4 heteroatoms. The van der Waals surface area contributed by atoms with Gasteiger partial charge >= 0.3 is 11.9 Å². The van der Waals surface area contributed by atoms with Gasteiger partial charge in [-0.05, 0) is 36.6 Å². The zero-order chi connectivity index (χ0) is 13.0. The molecular weight excluding hydrogens is 232 g/mol. The van der Waals surface area contributed by atoms with E-state index >= 15 is 0 Å². The molecule has 4 nitrogen and oxygen atoms in total. The second-order valence-electron chi connectivity index (χ2n) is 4.02. The zero-order valence-electron chi connectivity index (χ0n) is 10.1. The van der Waals surface area contributed by atoms with Gasteiger partial charge in [-0.15, -0.1) is 0 Å². The number of cyclic esters (lactones) is 1. The number of rotatable bonds is 2. The van der Waals surface area contributed by atoms with Gasteiger partial charge in [0.1, 0.15) is 0 Å². The average Bonchev–Trinajstić information content (AvgIpc) is 2.41. The quantitative estimate of drug-likeness (QED) is 0.593. The maximum Gasteiger partial charge on any atom is 0.337 e. The Labute approximate surface area is 105 Å². The lowest BCUT2D eigenvalue weighted by Crippen LogP contribution is -2.15. The van der Waals surface area contributed by atoms with Crippen molar-refractivity contribution in [3.63, 3.8) is 0 Å². The number of benzene rings is 1. The van der Waals surface area contributed by atoms with Crippen LogP contribution < -0.4 is 0 Å². The Balaban J connectivity index is 2.17. The van der Waals surface area contributed by atoms with E-state index in [2.05, 4.69) is 4.74 Å². The zero-order valence-corrected chi connectivity index (χ0v) is 10.1. The SMILES string of the molecule is COC(=O)c1ccc(/C=C2\CCCOC2=O)cc1. The van der Waals surface area contributed by atoms with E-state index in [0.717, 1.165) is 18.4 Å². The Hall–Kier alpha value is -2.10. The Morgan fingerprint density at radius 2 is 2.06 bits per heavy atom. The van der Waals surface area contributed by atoms with Crippen LogP contribution in [0.15, 0.2) is 29.8 Å². The summed E-state index contributed by atoms with van der Waals surface area (Å²) in [7, 11) is 1.34. The topological polar surface area (TPSA) is 52.6 Å². The van der Waals surface area contributed by atoms with Gasteiger partial charge in [-0.2, -0.15) is 0 Å². The first kappa shape index (κ1) is 12.4. The average molecular weight is 246 g/mol. The van der Waals surface area contributed by atoms with Crippen LogP contribution in [0.2, 0.25) is 0 Å². The molecule has 0 aliphatic carbocycles. The van der Waals surface area contributed by atoms with Crippen LogP contribution in [0, 0.1) is 0 Å². The van der Waals surface area contributed by atoms with Crippen LogP contribution in [0.5, 0.6) is 0 Å². The van der Waals surface area contributed by atoms with E-state index in [4.69, 9.17) is 4.74 Å². The Kier molecular flexibility index (Phi) is 3.77. The third kappa shape index (κ3) is 2.77. The van der Waals surface area contributed by atoms with Gasteiger partial charge in [0.05, 0.1) is 19.3 Å². The summed E-state index contributed by atoms with van der Waals surface area (Å²) < 4.78 is 9.58. The molecule has 18 heavy (non-hydrogen) atoms. The summed E-state index contributed by atoms with van der Waals surface area (Å²) in [5.41, 5.74) is 2.04. The van der Waals surface area contributed by atoms with Gasteiger partial charge in [0, 0.05) is 5.57 Å². The molecule has 1 heterocycles. The second-order valence-corrected chi connectivity index (χ2v) is 4.02. The summed E-state index contributed by atoms with van der Waals surface area (Å²) in [4.78, 5) is 22.7. The van der Waals surface area contributed by atoms with E-state index in [1.807, 2.05) is 0 Å². The van der Waals surface area contributed by atoms with E-state index in [9.17, 15) is 9.59 Å². The molecule has 1 saturated heterocycles. The molecule has 0 bridgehead atoms. The molecule has 1 aliphatic rings. The van der Waals surface area contributed by atoms with Crippen LogP contribution in [-0.4, -0.2) is 25.7 Å². The molecule has 1 fully saturated rings. The van der Waals surface area contributed by atoms with Gasteiger partial charge < -0.3 is 9.47 Å². The van der Waals surface area contributed by atoms with Crippen LogP contribution in [-0.2, 0) is 14.3 Å². The molecule has 2 rings (SSSR count). The van der Waals surface area contributed by atoms with E-state index in [1.54, 1.807) is 30.3 Å². The second kappa shape index (κ2) is 5.49. The highest BCUT2D eigenvalue weighted by Crippen LogP contribution is 2.18. The van der Waals surface area contributed by atoms with Crippen molar-refractivity contribution < 1.29 is 19.1 Å². The fraction of sp³-hybridized carbons (Fsp3) is 0.286. The van der Waals surface area contributed by atoms with Crippen LogP contribution in [0.25, 0.3) is 6.08 Å². The first-order chi connectivity index (χ1) is 8.70. The molecule has 1 aromatic rings. The minimum absolute atomic E-state index is 0.252. The lowest BCUT2D eigenvalue weighted by molar-refractivity contribution is -0.141. The molecule has 0 aromatic heterocycles. The summed E-state index contributed by atoms with van der Waals surface area (Å²) in [6.07, 6.45) is 3.39. The lowest BCUT2D eigenvalue weighted by Gasteiger charge is -2.13. The highest BCUT2D eigenvalue weighted by Gasteiger charge is 2.16. The van der Waals surface area contributed by atoms with Crippen LogP contribution >= 0.6 is 0 Å². The van der Waals surface area contributed by atoms with Crippen molar-refractivity contribution in [2.24, 2.45) is 0 Å². The molecule has 0 N–H and O–H groups in total. The molecule has 94 valence electrons. The Bertz CT molecular complexity index is 485. The van der Waals surface area contributed by atoms with Gasteiger partial charge in [0.25, 0.3) is 0 Å². The summed E-state index contributed by atoms with van der Waals surface area (Å²) in [6.45, 7) is 0.497. The molecule has 0 saturated carbocycles. The molecule has 0 radical (unpaired) electrons. The Morgan fingerprint density at radius 3 is 2.67 bits per heavy atom. The normalized spacial score (nSPS) is 17.4. The van der Waals surface area contributed by atoms with E-state index in [-0.39, 0.29) is 11.9 Å². The van der Waals surface area contributed by atoms with Crippen molar-refractivity contribution in [3.8, 4) is 0 Å². The van der Waals surface area contributed by atoms with Crippen molar-refractivity contribution >= 4 is 18.0 Å². The molecule has 1 aromatic carbocycles. The smallest absolute Gasteiger partial charge is 0.337 e. The monoisotopic (exact) mass is 246 g/mol. The van der Waals surface area contributed by atoms with E-state index < -0.39 is 0 Å². The number of carbonyl (C=O) groups is 2. The van der Waals surface area contributed by atoms with E-state index in [1.165, 1.54) is 7.11 Å². The predicted molar refractivity (Wildman–Crippen MR) is 66.0 cm³/mol. The summed E-state index contributed by atoms with van der Waals surface area (Å²) in [5.74, 6) is -0.621. The number of methoxy groups -OCH3 is 1. The van der Waals surface area contributed by atoms with Gasteiger partial charge in [-0.3, -0.25) is 0 Å². The van der Waals surface area contributed by atoms with Crippen molar-refractivity contribution in [3.05, 3.63) is 41.0 Å². The van der Waals surface area contributed by atoms with E-state index in [0.29, 0.717) is 17.7 Å². The third-order valence-corrected chi connectivity index (χ3v) is 2.76. The molecule has 1 aliphatic heterocycles.